The Kier molecular flexibility index (Phi) is 4.02. The Morgan fingerprint density at radius 1 is 1.40 bits per heavy atom. The minimum absolute atomic E-state index is 0.0268. The molecule has 0 radical (unpaired) electrons. The summed E-state index contributed by atoms with van der Waals surface area (Å²) in [5.41, 5.74) is 8.02. The van der Waals surface area contributed by atoms with Crippen LogP contribution in [-0.4, -0.2) is 5.91 Å². The molecule has 1 aromatic rings. The Balaban J connectivity index is 2.58. The minimum Gasteiger partial charge on any atom is -0.322 e. The number of amides is 1. The van der Waals surface area contributed by atoms with Crippen molar-refractivity contribution in [1.82, 2.24) is 5.32 Å². The molecular formula is C16H13NO2S. The van der Waals surface area contributed by atoms with E-state index < -0.39 is 0 Å². The molecule has 1 N–H and O–H groups in total. The molecule has 0 unspecified atom stereocenters. The fourth-order valence-electron chi connectivity index (χ4n) is 1.61. The molecular weight excluding hydrogens is 270 g/mol. The van der Waals surface area contributed by atoms with E-state index in [-0.39, 0.29) is 10.6 Å². The first-order chi connectivity index (χ1) is 9.47. The first-order valence-electron chi connectivity index (χ1n) is 5.99. The molecule has 1 aliphatic carbocycles. The lowest BCUT2D eigenvalue weighted by Crippen LogP contribution is -2.27. The molecule has 0 spiro atoms. The van der Waals surface area contributed by atoms with Crippen LogP contribution in [0.4, 0.5) is 0 Å². The number of rotatable bonds is 2. The predicted octanol–water partition coefficient (Wildman–Crippen LogP) is 0.878. The quantitative estimate of drug-likeness (QED) is 0.819. The average Bonchev–Trinajstić information content (AvgIpc) is 2.34. The summed E-state index contributed by atoms with van der Waals surface area (Å²) in [4.78, 5) is 23.1. The highest BCUT2D eigenvalue weighted by Gasteiger charge is 2.02. The molecule has 20 heavy (non-hydrogen) atoms. The maximum Gasteiger partial charge on any atom is 0.250 e. The topological polar surface area (TPSA) is 46.2 Å². The third kappa shape index (κ3) is 3.14. The van der Waals surface area contributed by atoms with Gasteiger partial charge in [-0.15, -0.1) is 5.73 Å². The van der Waals surface area contributed by atoms with Crippen molar-refractivity contribution in [2.75, 3.05) is 0 Å². The normalized spacial score (nSPS) is 14.8. The van der Waals surface area contributed by atoms with Crippen molar-refractivity contribution in [1.29, 1.82) is 0 Å². The van der Waals surface area contributed by atoms with E-state index >= 15 is 0 Å². The molecule has 0 aliphatic heterocycles. The van der Waals surface area contributed by atoms with E-state index in [1.807, 2.05) is 6.92 Å². The Hall–Kier alpha value is -2.38. The number of hydrogen-bond donors (Lipinski definition) is 1. The van der Waals surface area contributed by atoms with Gasteiger partial charge in [0.1, 0.15) is 0 Å². The zero-order valence-electron chi connectivity index (χ0n) is 11.2. The Morgan fingerprint density at radius 3 is 2.85 bits per heavy atom. The summed E-state index contributed by atoms with van der Waals surface area (Å²) >= 11 is 1.11. The second-order valence-electron chi connectivity index (χ2n) is 4.41. The summed E-state index contributed by atoms with van der Waals surface area (Å²) in [7, 11) is 0. The Morgan fingerprint density at radius 2 is 2.15 bits per heavy atom. The van der Waals surface area contributed by atoms with Gasteiger partial charge in [0.15, 0.2) is 0 Å². The maximum absolute atomic E-state index is 11.6. The Bertz CT molecular complexity index is 874. The van der Waals surface area contributed by atoms with Crippen LogP contribution < -0.4 is 19.8 Å². The number of allylic oxidation sites excluding steroid dienone is 3. The van der Waals surface area contributed by atoms with E-state index in [1.165, 1.54) is 0 Å². The second kappa shape index (κ2) is 5.72. The highest BCUT2D eigenvalue weighted by molar-refractivity contribution is 7.07. The number of fused-ring (bicyclic) bond motifs is 1. The summed E-state index contributed by atoms with van der Waals surface area (Å²) in [6.07, 6.45) is 5.09. The van der Waals surface area contributed by atoms with E-state index in [4.69, 9.17) is 0 Å². The number of hydrogen-bond acceptors (Lipinski definition) is 3. The molecule has 0 saturated heterocycles. The minimum atomic E-state index is -0.249. The van der Waals surface area contributed by atoms with Crippen LogP contribution in [0.3, 0.4) is 0 Å². The van der Waals surface area contributed by atoms with Gasteiger partial charge in [0.05, 0.1) is 4.53 Å². The highest BCUT2D eigenvalue weighted by Crippen LogP contribution is 1.96. The summed E-state index contributed by atoms with van der Waals surface area (Å²) in [6.45, 7) is 7.09. The van der Waals surface area contributed by atoms with Gasteiger partial charge >= 0.3 is 0 Å². The first-order valence-corrected chi connectivity index (χ1v) is 6.80. The molecule has 0 saturated carbocycles. The average molecular weight is 283 g/mol. The van der Waals surface area contributed by atoms with Crippen molar-refractivity contribution >= 4 is 28.7 Å². The molecule has 2 rings (SSSR count). The smallest absolute Gasteiger partial charge is 0.250 e. The van der Waals surface area contributed by atoms with Crippen molar-refractivity contribution in [3.8, 4) is 0 Å². The molecule has 0 aromatic carbocycles. The van der Waals surface area contributed by atoms with Gasteiger partial charge in [-0.25, -0.2) is 0 Å². The molecule has 3 nitrogen and oxygen atoms in total. The number of nitrogens with one attached hydrogen (secondary N) is 1. The van der Waals surface area contributed by atoms with Crippen LogP contribution in [0, 0.1) is 6.92 Å². The van der Waals surface area contributed by atoms with Crippen LogP contribution in [0.2, 0.25) is 0 Å². The van der Waals surface area contributed by atoms with Crippen LogP contribution in [0.5, 0.6) is 0 Å². The van der Waals surface area contributed by atoms with Gasteiger partial charge in [0, 0.05) is 28.6 Å². The van der Waals surface area contributed by atoms with Gasteiger partial charge in [-0.3, -0.25) is 9.59 Å². The molecule has 4 heteroatoms. The van der Waals surface area contributed by atoms with Gasteiger partial charge in [-0.2, -0.15) is 0 Å². The van der Waals surface area contributed by atoms with E-state index in [1.54, 1.807) is 31.2 Å². The van der Waals surface area contributed by atoms with Crippen molar-refractivity contribution < 1.29 is 4.79 Å². The van der Waals surface area contributed by atoms with Crippen LogP contribution in [0.15, 0.2) is 46.9 Å². The molecule has 0 fully saturated rings. The lowest BCUT2D eigenvalue weighted by molar-refractivity contribution is -0.116. The fourth-order valence-corrected chi connectivity index (χ4v) is 2.49. The molecule has 1 heterocycles. The lowest BCUT2D eigenvalue weighted by Gasteiger charge is -2.03. The Labute approximate surface area is 120 Å². The van der Waals surface area contributed by atoms with Crippen molar-refractivity contribution in [2.24, 2.45) is 0 Å². The summed E-state index contributed by atoms with van der Waals surface area (Å²) in [5, 5.41) is 3.56. The van der Waals surface area contributed by atoms with Crippen molar-refractivity contribution in [3.05, 3.63) is 67.0 Å². The zero-order valence-corrected chi connectivity index (χ0v) is 12.1. The standard InChI is InChI=1S/C16H13NO2S/c1-10(2)16(19)17-12-5-4-6-13-11(3)9-15(18)20-14(13)8-7-12/h4-5,7,9H,1H2,2-3H3,(H,17,19)/b12-5+. The van der Waals surface area contributed by atoms with Crippen molar-refractivity contribution in [3.63, 3.8) is 0 Å². The summed E-state index contributed by atoms with van der Waals surface area (Å²) < 4.78 is 0.683. The molecule has 100 valence electrons. The van der Waals surface area contributed by atoms with Crippen LogP contribution >= 0.6 is 11.3 Å². The summed E-state index contributed by atoms with van der Waals surface area (Å²) in [5.74, 6) is -0.249. The van der Waals surface area contributed by atoms with E-state index in [2.05, 4.69) is 23.4 Å². The van der Waals surface area contributed by atoms with E-state index in [0.29, 0.717) is 15.8 Å². The van der Waals surface area contributed by atoms with Gasteiger partial charge in [0.25, 0.3) is 5.91 Å². The largest absolute Gasteiger partial charge is 0.322 e. The first kappa shape index (κ1) is 14.0. The third-order valence-corrected chi connectivity index (χ3v) is 3.50. The molecule has 1 aliphatic rings. The van der Waals surface area contributed by atoms with Crippen LogP contribution in [0.25, 0.3) is 11.5 Å². The number of carbonyl (C=O) groups excluding carboxylic acids is 1. The third-order valence-electron chi connectivity index (χ3n) is 2.65. The van der Waals surface area contributed by atoms with Gasteiger partial charge in [-0.1, -0.05) is 23.6 Å². The molecule has 0 atom stereocenters. The number of aryl methyl sites for hydroxylation is 1. The van der Waals surface area contributed by atoms with Crippen LogP contribution in [-0.2, 0) is 4.79 Å². The predicted molar refractivity (Wildman–Crippen MR) is 81.6 cm³/mol. The van der Waals surface area contributed by atoms with Gasteiger partial charge in [0.2, 0.25) is 4.74 Å². The SMILES string of the molecule is C=C(C)C(=O)N/C1=C/C=C=c2c(C)cc(=O)sc2=C=C1. The molecule has 1 amide bonds. The maximum atomic E-state index is 11.6. The van der Waals surface area contributed by atoms with E-state index in [0.717, 1.165) is 22.1 Å². The lowest BCUT2D eigenvalue weighted by atomic mass is 10.2. The second-order valence-corrected chi connectivity index (χ2v) is 5.42. The zero-order chi connectivity index (χ0) is 14.7. The van der Waals surface area contributed by atoms with E-state index in [9.17, 15) is 9.59 Å². The monoisotopic (exact) mass is 283 g/mol. The van der Waals surface area contributed by atoms with Gasteiger partial charge < -0.3 is 5.32 Å². The van der Waals surface area contributed by atoms with Crippen molar-refractivity contribution in [2.45, 2.75) is 13.8 Å². The summed E-state index contributed by atoms with van der Waals surface area (Å²) in [6, 6.07) is 1.58. The van der Waals surface area contributed by atoms with Gasteiger partial charge in [-0.05, 0) is 31.6 Å². The fraction of sp³-hybridized carbons (Fsp3) is 0.125. The number of carbonyl (C=O) groups is 1. The molecule has 1 aromatic heterocycles. The molecule has 0 bridgehead atoms. The highest BCUT2D eigenvalue weighted by atomic mass is 32.1. The van der Waals surface area contributed by atoms with Crippen LogP contribution in [0.1, 0.15) is 12.5 Å².